The van der Waals surface area contributed by atoms with Gasteiger partial charge in [-0.3, -0.25) is 28.8 Å². The van der Waals surface area contributed by atoms with E-state index in [2.05, 4.69) is 16.0 Å². The van der Waals surface area contributed by atoms with Gasteiger partial charge < -0.3 is 41.7 Å². The van der Waals surface area contributed by atoms with Crippen LogP contribution in [-0.4, -0.2) is 111 Å². The number of nitrogens with one attached hydrogen (secondary N) is 3. The first-order valence-electron chi connectivity index (χ1n) is 13.8. The molecule has 2 rings (SSSR count). The van der Waals surface area contributed by atoms with E-state index in [-0.39, 0.29) is 32.0 Å². The number of carboxylic acid groups (broad SMARTS) is 2. The lowest BCUT2D eigenvalue weighted by atomic mass is 10.0. The molecule has 230 valence electrons. The highest BCUT2D eigenvalue weighted by Crippen LogP contribution is 2.20. The normalized spacial score (nSPS) is 20.9. The van der Waals surface area contributed by atoms with Gasteiger partial charge in [-0.05, 0) is 37.5 Å². The van der Waals surface area contributed by atoms with E-state index in [1.54, 1.807) is 27.7 Å². The van der Waals surface area contributed by atoms with Gasteiger partial charge in [0.2, 0.25) is 29.5 Å². The summed E-state index contributed by atoms with van der Waals surface area (Å²) < 4.78 is 0. The van der Waals surface area contributed by atoms with Gasteiger partial charge in [-0.1, -0.05) is 27.7 Å². The number of nitrogens with two attached hydrogens (primary N) is 1. The summed E-state index contributed by atoms with van der Waals surface area (Å²) in [7, 11) is 0. The van der Waals surface area contributed by atoms with E-state index in [0.717, 1.165) is 4.90 Å². The van der Waals surface area contributed by atoms with Crippen molar-refractivity contribution in [2.24, 2.45) is 17.6 Å². The third-order valence-corrected chi connectivity index (χ3v) is 7.37. The Labute approximate surface area is 238 Å². The van der Waals surface area contributed by atoms with E-state index in [1.807, 2.05) is 0 Å². The van der Waals surface area contributed by atoms with Crippen LogP contribution in [0.15, 0.2) is 0 Å². The highest BCUT2D eigenvalue weighted by Gasteiger charge is 2.40. The fraction of sp³-hybridized carbons (Fsp3) is 0.731. The summed E-state index contributed by atoms with van der Waals surface area (Å²) in [6, 6.07) is -5.52. The van der Waals surface area contributed by atoms with Crippen LogP contribution in [0.2, 0.25) is 0 Å². The average Bonchev–Trinajstić information content (AvgIpc) is 3.58. The largest absolute Gasteiger partial charge is 0.481 e. The molecule has 5 atom stereocenters. The summed E-state index contributed by atoms with van der Waals surface area (Å²) in [5, 5.41) is 26.2. The second-order valence-corrected chi connectivity index (χ2v) is 11.1. The van der Waals surface area contributed by atoms with E-state index < -0.39 is 84.0 Å². The molecule has 0 aromatic heterocycles. The highest BCUT2D eigenvalue weighted by molar-refractivity contribution is 5.97. The molecule has 15 nitrogen and oxygen atoms in total. The molecule has 41 heavy (non-hydrogen) atoms. The number of rotatable bonds is 13. The molecule has 0 saturated carbocycles. The van der Waals surface area contributed by atoms with Crippen LogP contribution in [0.3, 0.4) is 0 Å². The Hall–Kier alpha value is -3.75. The minimum atomic E-state index is -1.54. The zero-order valence-corrected chi connectivity index (χ0v) is 23.9. The van der Waals surface area contributed by atoms with Crippen LogP contribution in [0.1, 0.15) is 59.8 Å². The number of carboxylic acids is 2. The molecule has 0 spiro atoms. The van der Waals surface area contributed by atoms with Gasteiger partial charge in [0.15, 0.2) is 0 Å². The van der Waals surface area contributed by atoms with Gasteiger partial charge in [0, 0.05) is 13.1 Å². The molecule has 0 bridgehead atoms. The summed E-state index contributed by atoms with van der Waals surface area (Å²) in [5.74, 6) is -6.43. The van der Waals surface area contributed by atoms with Gasteiger partial charge in [0.1, 0.15) is 24.2 Å². The SMILES string of the molecule is CC(C)[C@H](N)C(=O)NCC(=O)N1CCC[C@H]1C(=O)N[C@H](C(=O)N[C@@H](CC(=O)O)C(=O)N1CCC[C@H]1C(=O)O)C(C)C. The molecule has 15 heteroatoms. The molecule has 0 radical (unpaired) electrons. The van der Waals surface area contributed by atoms with Crippen molar-refractivity contribution in [1.29, 1.82) is 0 Å². The van der Waals surface area contributed by atoms with Crippen molar-refractivity contribution in [2.75, 3.05) is 19.6 Å². The Morgan fingerprint density at radius 1 is 0.829 bits per heavy atom. The molecule has 0 aromatic carbocycles. The van der Waals surface area contributed by atoms with E-state index in [9.17, 15) is 43.8 Å². The fourth-order valence-electron chi connectivity index (χ4n) is 4.93. The van der Waals surface area contributed by atoms with E-state index in [0.29, 0.717) is 19.3 Å². The smallest absolute Gasteiger partial charge is 0.326 e. The minimum absolute atomic E-state index is 0.113. The maximum absolute atomic E-state index is 13.2. The molecule has 0 aliphatic carbocycles. The van der Waals surface area contributed by atoms with Crippen LogP contribution in [0.25, 0.3) is 0 Å². The molecule has 0 unspecified atom stereocenters. The van der Waals surface area contributed by atoms with Crippen LogP contribution < -0.4 is 21.7 Å². The summed E-state index contributed by atoms with van der Waals surface area (Å²) >= 11 is 0. The van der Waals surface area contributed by atoms with Gasteiger partial charge in [-0.25, -0.2) is 4.79 Å². The van der Waals surface area contributed by atoms with Crippen LogP contribution in [0.5, 0.6) is 0 Å². The average molecular weight is 583 g/mol. The zero-order chi connectivity index (χ0) is 31.0. The van der Waals surface area contributed by atoms with Gasteiger partial charge in [-0.15, -0.1) is 0 Å². The van der Waals surface area contributed by atoms with Crippen molar-refractivity contribution >= 4 is 41.5 Å². The maximum Gasteiger partial charge on any atom is 0.326 e. The summed E-state index contributed by atoms with van der Waals surface area (Å²) in [6.45, 7) is 6.87. The van der Waals surface area contributed by atoms with Crippen LogP contribution in [0.4, 0.5) is 0 Å². The molecule has 0 aromatic rings. The van der Waals surface area contributed by atoms with Crippen molar-refractivity contribution in [2.45, 2.75) is 90.0 Å². The fourth-order valence-corrected chi connectivity index (χ4v) is 4.93. The number of carbonyl (C=O) groups excluding carboxylic acids is 5. The number of hydrogen-bond acceptors (Lipinski definition) is 8. The Morgan fingerprint density at radius 3 is 1.95 bits per heavy atom. The molecule has 2 aliphatic heterocycles. The van der Waals surface area contributed by atoms with E-state index >= 15 is 0 Å². The van der Waals surface area contributed by atoms with Gasteiger partial charge in [0.25, 0.3) is 0 Å². The lowest BCUT2D eigenvalue weighted by Gasteiger charge is -2.30. The Kier molecular flexibility index (Phi) is 12.0. The lowest BCUT2D eigenvalue weighted by molar-refractivity contribution is -0.150. The van der Waals surface area contributed by atoms with Crippen LogP contribution in [-0.2, 0) is 33.6 Å². The number of amides is 5. The third kappa shape index (κ3) is 8.87. The molecular weight excluding hydrogens is 540 g/mol. The molecule has 2 heterocycles. The molecule has 2 fully saturated rings. The molecule has 7 N–H and O–H groups in total. The van der Waals surface area contributed by atoms with Crippen molar-refractivity contribution in [3.05, 3.63) is 0 Å². The Morgan fingerprint density at radius 2 is 1.41 bits per heavy atom. The molecule has 5 amide bonds. The molecule has 2 aliphatic rings. The lowest BCUT2D eigenvalue weighted by Crippen LogP contribution is -2.59. The Bertz CT molecular complexity index is 1030. The van der Waals surface area contributed by atoms with Crippen molar-refractivity contribution in [3.63, 3.8) is 0 Å². The minimum Gasteiger partial charge on any atom is -0.481 e. The number of likely N-dealkylation sites (tertiary alicyclic amines) is 2. The summed E-state index contributed by atoms with van der Waals surface area (Å²) in [4.78, 5) is 89.8. The van der Waals surface area contributed by atoms with Crippen LogP contribution >= 0.6 is 0 Å². The first-order chi connectivity index (χ1) is 19.1. The number of carbonyl (C=O) groups is 7. The molecule has 2 saturated heterocycles. The van der Waals surface area contributed by atoms with E-state index in [1.165, 1.54) is 4.90 Å². The first-order valence-corrected chi connectivity index (χ1v) is 13.8. The highest BCUT2D eigenvalue weighted by atomic mass is 16.4. The quantitative estimate of drug-likeness (QED) is 0.143. The number of hydrogen-bond donors (Lipinski definition) is 6. The predicted molar refractivity (Wildman–Crippen MR) is 144 cm³/mol. The molecular formula is C26H42N6O9. The maximum atomic E-state index is 13.2. The monoisotopic (exact) mass is 582 g/mol. The van der Waals surface area contributed by atoms with Crippen molar-refractivity contribution < 1.29 is 43.8 Å². The second kappa shape index (κ2) is 14.8. The third-order valence-electron chi connectivity index (χ3n) is 7.37. The van der Waals surface area contributed by atoms with Crippen LogP contribution in [0, 0.1) is 11.8 Å². The van der Waals surface area contributed by atoms with Gasteiger partial charge >= 0.3 is 11.9 Å². The first kappa shape index (κ1) is 33.5. The predicted octanol–water partition coefficient (Wildman–Crippen LogP) is -1.75. The number of nitrogens with zero attached hydrogens (tertiary/aromatic N) is 2. The van der Waals surface area contributed by atoms with Gasteiger partial charge in [-0.2, -0.15) is 0 Å². The van der Waals surface area contributed by atoms with Crippen molar-refractivity contribution in [1.82, 2.24) is 25.8 Å². The topological polar surface area (TPSA) is 229 Å². The second-order valence-electron chi connectivity index (χ2n) is 11.1. The summed E-state index contributed by atoms with van der Waals surface area (Å²) in [6.07, 6.45) is 0.715. The van der Waals surface area contributed by atoms with Gasteiger partial charge in [0.05, 0.1) is 19.0 Å². The van der Waals surface area contributed by atoms with Crippen molar-refractivity contribution in [3.8, 4) is 0 Å². The Balaban J connectivity index is 2.09. The standard InChI is InChI=1S/C26H42N6O9/c1-13(2)20(27)23(37)28-12-18(33)31-9-5-7-16(31)22(36)30-21(14(3)4)24(38)29-15(11-19(34)35)25(39)32-10-6-8-17(32)26(40)41/h13-17,20-21H,5-12,27H2,1-4H3,(H,28,37)(H,29,38)(H,30,36)(H,34,35)(H,40,41)/t15-,16-,17-,20-,21-/m0/s1. The number of aliphatic carboxylic acids is 2. The summed E-state index contributed by atoms with van der Waals surface area (Å²) in [5.41, 5.74) is 5.80. The zero-order valence-electron chi connectivity index (χ0n) is 23.9. The van der Waals surface area contributed by atoms with E-state index in [4.69, 9.17) is 5.73 Å².